The zero-order chi connectivity index (χ0) is 27.1. The largest absolute Gasteiger partial charge is 0.507 e. The second kappa shape index (κ2) is 9.83. The minimum Gasteiger partial charge on any atom is -0.507 e. The van der Waals surface area contributed by atoms with E-state index < -0.39 is 17.7 Å². The number of amides is 1. The van der Waals surface area contributed by atoms with Crippen LogP contribution >= 0.6 is 11.3 Å². The van der Waals surface area contributed by atoms with E-state index in [1.807, 2.05) is 26.0 Å². The van der Waals surface area contributed by atoms with E-state index in [-0.39, 0.29) is 11.3 Å². The van der Waals surface area contributed by atoms with Gasteiger partial charge in [0.25, 0.3) is 5.78 Å². The molecule has 1 aliphatic rings. The van der Waals surface area contributed by atoms with Crippen LogP contribution in [-0.4, -0.2) is 43.1 Å². The first kappa shape index (κ1) is 25.3. The van der Waals surface area contributed by atoms with Gasteiger partial charge in [0.2, 0.25) is 0 Å². The lowest BCUT2D eigenvalue weighted by Gasteiger charge is -2.23. The third kappa shape index (κ3) is 4.14. The third-order valence-corrected chi connectivity index (χ3v) is 7.56. The van der Waals surface area contributed by atoms with Gasteiger partial charge in [-0.25, -0.2) is 4.98 Å². The Labute approximate surface area is 223 Å². The number of ketones is 1. The van der Waals surface area contributed by atoms with Gasteiger partial charge in [-0.1, -0.05) is 23.5 Å². The van der Waals surface area contributed by atoms with Gasteiger partial charge in [0, 0.05) is 5.56 Å². The SMILES string of the molecule is COc1ccc(/C(O)=C2\C(=O)C(=O)N(c3nc4c(C)cc(C)cc4s3)[C@H]2c2ccc(OC)c(OC)c2)cc1. The van der Waals surface area contributed by atoms with Crippen LogP contribution in [0.3, 0.4) is 0 Å². The maximum atomic E-state index is 13.6. The molecule has 194 valence electrons. The van der Waals surface area contributed by atoms with Crippen molar-refractivity contribution in [2.24, 2.45) is 0 Å². The van der Waals surface area contributed by atoms with Crippen LogP contribution in [0.25, 0.3) is 16.0 Å². The van der Waals surface area contributed by atoms with Crippen LogP contribution in [-0.2, 0) is 9.59 Å². The molecule has 0 saturated carbocycles. The number of rotatable bonds is 6. The number of anilines is 1. The zero-order valence-corrected chi connectivity index (χ0v) is 22.4. The Morgan fingerprint density at radius 3 is 2.29 bits per heavy atom. The first-order valence-corrected chi connectivity index (χ1v) is 12.6. The number of nitrogens with zero attached hydrogens (tertiary/aromatic N) is 2. The van der Waals surface area contributed by atoms with Crippen molar-refractivity contribution in [2.45, 2.75) is 19.9 Å². The summed E-state index contributed by atoms with van der Waals surface area (Å²) in [5, 5.41) is 11.7. The van der Waals surface area contributed by atoms with Crippen molar-refractivity contribution >= 4 is 44.1 Å². The topological polar surface area (TPSA) is 98.2 Å². The highest BCUT2D eigenvalue weighted by molar-refractivity contribution is 7.22. The van der Waals surface area contributed by atoms with Crippen molar-refractivity contribution < 1.29 is 28.9 Å². The van der Waals surface area contributed by atoms with Crippen LogP contribution in [0.1, 0.15) is 28.3 Å². The summed E-state index contributed by atoms with van der Waals surface area (Å²) < 4.78 is 17.0. The molecule has 1 aromatic heterocycles. The number of hydrogen-bond donors (Lipinski definition) is 1. The molecule has 0 unspecified atom stereocenters. The van der Waals surface area contributed by atoms with E-state index >= 15 is 0 Å². The Bertz CT molecular complexity index is 1610. The molecule has 0 bridgehead atoms. The van der Waals surface area contributed by atoms with Gasteiger partial charge in [-0.3, -0.25) is 14.5 Å². The van der Waals surface area contributed by atoms with E-state index in [1.54, 1.807) is 49.6 Å². The molecule has 0 spiro atoms. The van der Waals surface area contributed by atoms with Gasteiger partial charge < -0.3 is 19.3 Å². The second-order valence-electron chi connectivity index (χ2n) is 8.94. The number of fused-ring (bicyclic) bond motifs is 1. The molecule has 9 heteroatoms. The number of carbonyl (C=O) groups excluding carboxylic acids is 2. The van der Waals surface area contributed by atoms with E-state index in [2.05, 4.69) is 0 Å². The van der Waals surface area contributed by atoms with Crippen molar-refractivity contribution in [3.63, 3.8) is 0 Å². The molecule has 1 N–H and O–H groups in total. The number of Topliss-reactive ketones (excluding diaryl/α,β-unsaturated/α-hetero) is 1. The summed E-state index contributed by atoms with van der Waals surface area (Å²) in [7, 11) is 4.58. The van der Waals surface area contributed by atoms with Gasteiger partial charge in [0.1, 0.15) is 11.5 Å². The summed E-state index contributed by atoms with van der Waals surface area (Å²) in [5.74, 6) is -0.344. The summed E-state index contributed by atoms with van der Waals surface area (Å²) in [6, 6.07) is 14.9. The summed E-state index contributed by atoms with van der Waals surface area (Å²) >= 11 is 1.32. The second-order valence-corrected chi connectivity index (χ2v) is 9.95. The molecule has 1 atom stereocenters. The normalized spacial score (nSPS) is 16.8. The summed E-state index contributed by atoms with van der Waals surface area (Å²) in [6.45, 7) is 3.96. The minimum atomic E-state index is -0.945. The molecule has 38 heavy (non-hydrogen) atoms. The van der Waals surface area contributed by atoms with Crippen LogP contribution in [0, 0.1) is 13.8 Å². The first-order valence-electron chi connectivity index (χ1n) is 11.8. The number of benzene rings is 3. The molecule has 0 radical (unpaired) electrons. The smallest absolute Gasteiger partial charge is 0.301 e. The summed E-state index contributed by atoms with van der Waals surface area (Å²) in [6.07, 6.45) is 0. The van der Waals surface area contributed by atoms with Gasteiger partial charge >= 0.3 is 5.91 Å². The van der Waals surface area contributed by atoms with Crippen LogP contribution in [0.2, 0.25) is 0 Å². The molecule has 4 aromatic rings. The zero-order valence-electron chi connectivity index (χ0n) is 21.6. The Hall–Kier alpha value is -4.37. The van der Waals surface area contributed by atoms with Crippen molar-refractivity contribution in [1.82, 2.24) is 4.98 Å². The number of thiazole rings is 1. The van der Waals surface area contributed by atoms with Gasteiger partial charge in [-0.2, -0.15) is 0 Å². The van der Waals surface area contributed by atoms with E-state index in [1.165, 1.54) is 30.5 Å². The summed E-state index contributed by atoms with van der Waals surface area (Å²) in [4.78, 5) is 33.2. The fourth-order valence-corrected chi connectivity index (χ4v) is 5.90. The quantitative estimate of drug-likeness (QED) is 0.198. The molecule has 3 aromatic carbocycles. The highest BCUT2D eigenvalue weighted by Crippen LogP contribution is 2.46. The number of hydrogen-bond acceptors (Lipinski definition) is 8. The number of ether oxygens (including phenoxy) is 3. The predicted molar refractivity (Wildman–Crippen MR) is 146 cm³/mol. The van der Waals surface area contributed by atoms with Crippen LogP contribution < -0.4 is 19.1 Å². The Kier molecular flexibility index (Phi) is 6.54. The predicted octanol–water partition coefficient (Wildman–Crippen LogP) is 5.57. The van der Waals surface area contributed by atoms with E-state index in [4.69, 9.17) is 19.2 Å². The number of aliphatic hydroxyl groups is 1. The molecule has 1 saturated heterocycles. The number of aliphatic hydroxyl groups excluding tert-OH is 1. The van der Waals surface area contributed by atoms with E-state index in [9.17, 15) is 14.7 Å². The van der Waals surface area contributed by atoms with Crippen molar-refractivity contribution in [1.29, 1.82) is 0 Å². The Morgan fingerprint density at radius 1 is 0.921 bits per heavy atom. The average molecular weight is 531 g/mol. The highest BCUT2D eigenvalue weighted by Gasteiger charge is 2.48. The molecule has 1 aliphatic heterocycles. The maximum absolute atomic E-state index is 13.6. The molecule has 2 heterocycles. The fraction of sp³-hybridized carbons (Fsp3) is 0.207. The van der Waals surface area contributed by atoms with Crippen LogP contribution in [0.5, 0.6) is 17.2 Å². The van der Waals surface area contributed by atoms with Gasteiger partial charge in [-0.05, 0) is 73.0 Å². The fourth-order valence-electron chi connectivity index (χ4n) is 4.73. The molecular formula is C29H26N2O6S. The lowest BCUT2D eigenvalue weighted by atomic mass is 9.95. The number of carbonyl (C=O) groups is 2. The molecule has 5 rings (SSSR count). The van der Waals surface area contributed by atoms with Gasteiger partial charge in [0.15, 0.2) is 16.6 Å². The number of aromatic nitrogens is 1. The lowest BCUT2D eigenvalue weighted by molar-refractivity contribution is -0.132. The standard InChI is InChI=1S/C29H26N2O6S/c1-15-12-16(2)24-22(13-15)38-29(30-24)31-25(18-8-11-20(36-4)21(14-18)37-5)23(27(33)28(31)34)26(32)17-6-9-19(35-3)10-7-17/h6-14,25,32H,1-5H3/b26-23+/t25-/m0/s1. The number of aryl methyl sites for hydroxylation is 2. The summed E-state index contributed by atoms with van der Waals surface area (Å²) in [5.41, 5.74) is 3.70. The van der Waals surface area contributed by atoms with Gasteiger partial charge in [0.05, 0.1) is 43.2 Å². The molecule has 8 nitrogen and oxygen atoms in total. The van der Waals surface area contributed by atoms with Crippen molar-refractivity contribution in [3.05, 3.63) is 82.4 Å². The molecule has 1 fully saturated rings. The van der Waals surface area contributed by atoms with Crippen LogP contribution in [0.15, 0.2) is 60.2 Å². The molecule has 1 amide bonds. The molecule has 0 aliphatic carbocycles. The lowest BCUT2D eigenvalue weighted by Crippen LogP contribution is -2.29. The highest BCUT2D eigenvalue weighted by atomic mass is 32.1. The Balaban J connectivity index is 1.75. The first-order chi connectivity index (χ1) is 18.3. The number of methoxy groups -OCH3 is 3. The van der Waals surface area contributed by atoms with E-state index in [0.717, 1.165) is 21.3 Å². The third-order valence-electron chi connectivity index (χ3n) is 6.56. The minimum absolute atomic E-state index is 0.0421. The monoisotopic (exact) mass is 530 g/mol. The van der Waals surface area contributed by atoms with Crippen LogP contribution in [0.4, 0.5) is 5.13 Å². The van der Waals surface area contributed by atoms with Crippen molar-refractivity contribution in [2.75, 3.05) is 26.2 Å². The maximum Gasteiger partial charge on any atom is 0.301 e. The van der Waals surface area contributed by atoms with Gasteiger partial charge in [-0.15, -0.1) is 0 Å². The van der Waals surface area contributed by atoms with E-state index in [0.29, 0.717) is 33.5 Å². The average Bonchev–Trinajstić information content (AvgIpc) is 3.46. The van der Waals surface area contributed by atoms with Crippen molar-refractivity contribution in [3.8, 4) is 17.2 Å². The Morgan fingerprint density at radius 2 is 1.63 bits per heavy atom. The molecular weight excluding hydrogens is 504 g/mol.